The second kappa shape index (κ2) is 12.6. The highest BCUT2D eigenvalue weighted by molar-refractivity contribution is 5.68. The third-order valence-corrected chi connectivity index (χ3v) is 8.13. The zero-order valence-corrected chi connectivity index (χ0v) is 21.4. The molecule has 2 aromatic rings. The second-order valence-electron chi connectivity index (χ2n) is 10.7. The molecule has 35 heavy (non-hydrogen) atoms. The van der Waals surface area contributed by atoms with Crippen molar-refractivity contribution >= 4 is 6.16 Å². The van der Waals surface area contributed by atoms with Crippen LogP contribution in [0.5, 0.6) is 5.75 Å². The minimum absolute atomic E-state index is 0.0517. The first-order valence-corrected chi connectivity index (χ1v) is 13.8. The van der Waals surface area contributed by atoms with Crippen molar-refractivity contribution in [2.75, 3.05) is 0 Å². The van der Waals surface area contributed by atoms with Gasteiger partial charge in [-0.25, -0.2) is 9.18 Å². The first-order valence-electron chi connectivity index (χ1n) is 13.8. The minimum Gasteiger partial charge on any atom is -0.431 e. The maximum absolute atomic E-state index is 15.0. The van der Waals surface area contributed by atoms with Gasteiger partial charge in [0.05, 0.1) is 0 Å². The summed E-state index contributed by atoms with van der Waals surface area (Å²) in [6.07, 6.45) is 13.2. The summed E-state index contributed by atoms with van der Waals surface area (Å²) in [5.41, 5.74) is 2.47. The van der Waals surface area contributed by atoms with E-state index in [1.165, 1.54) is 38.5 Å². The molecule has 2 aromatic carbocycles. The quantitative estimate of drug-likeness (QED) is 0.279. The van der Waals surface area contributed by atoms with Gasteiger partial charge in [0.1, 0.15) is 17.7 Å². The molecule has 4 heteroatoms. The van der Waals surface area contributed by atoms with E-state index in [1.807, 2.05) is 6.07 Å². The Labute approximate surface area is 210 Å². The van der Waals surface area contributed by atoms with Crippen molar-refractivity contribution in [1.29, 1.82) is 0 Å². The molecule has 2 fully saturated rings. The van der Waals surface area contributed by atoms with E-state index in [4.69, 9.17) is 9.47 Å². The molecule has 0 atom stereocenters. The average molecular weight is 481 g/mol. The minimum atomic E-state index is -0.652. The summed E-state index contributed by atoms with van der Waals surface area (Å²) in [5.74, 6) is 2.30. The summed E-state index contributed by atoms with van der Waals surface area (Å²) in [7, 11) is 0. The molecule has 2 aliphatic carbocycles. The summed E-state index contributed by atoms with van der Waals surface area (Å²) in [5, 5.41) is 0. The van der Waals surface area contributed by atoms with Crippen LogP contribution in [0.4, 0.5) is 9.18 Å². The van der Waals surface area contributed by atoms with Crippen molar-refractivity contribution in [3.8, 4) is 16.9 Å². The van der Waals surface area contributed by atoms with Gasteiger partial charge < -0.3 is 9.47 Å². The molecule has 0 saturated heterocycles. The van der Waals surface area contributed by atoms with Gasteiger partial charge in [-0.2, -0.15) is 0 Å². The maximum Gasteiger partial charge on any atom is 0.514 e. The Balaban J connectivity index is 1.29. The first kappa shape index (κ1) is 25.7. The lowest BCUT2D eigenvalue weighted by Crippen LogP contribution is -2.26. The van der Waals surface area contributed by atoms with Crippen molar-refractivity contribution in [3.63, 3.8) is 0 Å². The van der Waals surface area contributed by atoms with Crippen molar-refractivity contribution in [2.45, 2.75) is 103 Å². The van der Waals surface area contributed by atoms with Gasteiger partial charge in [0.15, 0.2) is 0 Å². The van der Waals surface area contributed by atoms with Crippen LogP contribution in [0.1, 0.15) is 102 Å². The van der Waals surface area contributed by atoms with Crippen LogP contribution in [0.3, 0.4) is 0 Å². The molecule has 0 aromatic heterocycles. The topological polar surface area (TPSA) is 35.5 Å². The predicted molar refractivity (Wildman–Crippen MR) is 139 cm³/mol. The van der Waals surface area contributed by atoms with Crippen LogP contribution in [0.15, 0.2) is 42.5 Å². The zero-order valence-electron chi connectivity index (χ0n) is 21.4. The van der Waals surface area contributed by atoms with Crippen LogP contribution < -0.4 is 4.74 Å². The van der Waals surface area contributed by atoms with E-state index in [0.717, 1.165) is 61.5 Å². The van der Waals surface area contributed by atoms with Gasteiger partial charge >= 0.3 is 6.16 Å². The van der Waals surface area contributed by atoms with Crippen LogP contribution in [0.25, 0.3) is 11.1 Å². The van der Waals surface area contributed by atoms with E-state index in [9.17, 15) is 4.79 Å². The number of carbonyl (C=O) groups is 1. The Morgan fingerprint density at radius 2 is 1.43 bits per heavy atom. The van der Waals surface area contributed by atoms with Gasteiger partial charge in [-0.15, -0.1) is 0 Å². The highest BCUT2D eigenvalue weighted by Crippen LogP contribution is 2.39. The fraction of sp³-hybridized carbons (Fsp3) is 0.581. The number of halogens is 1. The summed E-state index contributed by atoms with van der Waals surface area (Å²) < 4.78 is 25.9. The third-order valence-electron chi connectivity index (χ3n) is 8.13. The van der Waals surface area contributed by atoms with Gasteiger partial charge in [-0.1, -0.05) is 63.8 Å². The largest absolute Gasteiger partial charge is 0.514 e. The Morgan fingerprint density at radius 3 is 2.00 bits per heavy atom. The molecular weight excluding hydrogens is 439 g/mol. The van der Waals surface area contributed by atoms with Gasteiger partial charge in [-0.3, -0.25) is 0 Å². The van der Waals surface area contributed by atoms with Crippen molar-refractivity contribution in [3.05, 3.63) is 53.8 Å². The van der Waals surface area contributed by atoms with Gasteiger partial charge in [0.2, 0.25) is 0 Å². The predicted octanol–water partition coefficient (Wildman–Crippen LogP) is 9.44. The molecule has 0 N–H and O–H groups in total. The number of carbonyl (C=O) groups excluding carboxylic acids is 1. The molecule has 0 heterocycles. The van der Waals surface area contributed by atoms with Crippen LogP contribution in [-0.4, -0.2) is 12.3 Å². The van der Waals surface area contributed by atoms with Gasteiger partial charge in [-0.05, 0) is 98.4 Å². The summed E-state index contributed by atoms with van der Waals surface area (Å²) in [6, 6.07) is 12.7. The molecule has 0 radical (unpaired) electrons. The lowest BCUT2D eigenvalue weighted by Gasteiger charge is -2.28. The highest BCUT2D eigenvalue weighted by atomic mass is 19.1. The molecule has 2 saturated carbocycles. The van der Waals surface area contributed by atoms with Crippen LogP contribution in [0.2, 0.25) is 0 Å². The fourth-order valence-corrected chi connectivity index (χ4v) is 6.12. The van der Waals surface area contributed by atoms with Crippen LogP contribution >= 0.6 is 0 Å². The van der Waals surface area contributed by atoms with E-state index in [2.05, 4.69) is 19.9 Å². The van der Waals surface area contributed by atoms with Crippen molar-refractivity contribution < 1.29 is 18.7 Å². The van der Waals surface area contributed by atoms with E-state index in [0.29, 0.717) is 17.2 Å². The van der Waals surface area contributed by atoms with Crippen LogP contribution in [0, 0.1) is 17.7 Å². The second-order valence-corrected chi connectivity index (χ2v) is 10.7. The average Bonchev–Trinajstić information content (AvgIpc) is 2.87. The molecule has 190 valence electrons. The molecule has 0 aliphatic heterocycles. The molecular formula is C31H41FO3. The normalized spacial score (nSPS) is 24.7. The van der Waals surface area contributed by atoms with E-state index >= 15 is 4.39 Å². The molecule has 3 nitrogen and oxygen atoms in total. The molecule has 4 rings (SSSR count). The summed E-state index contributed by atoms with van der Waals surface area (Å²) in [6.45, 7) is 4.47. The zero-order chi connectivity index (χ0) is 24.6. The van der Waals surface area contributed by atoms with E-state index < -0.39 is 6.16 Å². The molecule has 0 spiro atoms. The highest BCUT2D eigenvalue weighted by Gasteiger charge is 2.25. The first-order chi connectivity index (χ1) is 17.1. The lowest BCUT2D eigenvalue weighted by molar-refractivity contribution is 0.0330. The van der Waals surface area contributed by atoms with Gasteiger partial charge in [0.25, 0.3) is 0 Å². The lowest BCUT2D eigenvalue weighted by atomic mass is 9.77. The number of ether oxygens (including phenoxy) is 2. The summed E-state index contributed by atoms with van der Waals surface area (Å²) in [4.78, 5) is 12.2. The van der Waals surface area contributed by atoms with Gasteiger partial charge in [0, 0.05) is 5.56 Å². The maximum atomic E-state index is 15.0. The Hall–Kier alpha value is -2.36. The van der Waals surface area contributed by atoms with Crippen molar-refractivity contribution in [2.24, 2.45) is 11.8 Å². The number of benzene rings is 2. The van der Waals surface area contributed by atoms with Crippen molar-refractivity contribution in [1.82, 2.24) is 0 Å². The molecule has 0 unspecified atom stereocenters. The SMILES string of the molecule is CCC[C@H]1CC[C@H](OC(=O)Oc2ccc(-c3ccc([C@H]4CC[C@H](CCC)CC4)cc3F)cc2)CC1. The molecule has 0 bridgehead atoms. The van der Waals surface area contributed by atoms with Crippen LogP contribution in [-0.2, 0) is 4.74 Å². The van der Waals surface area contributed by atoms with E-state index in [-0.39, 0.29) is 11.9 Å². The Morgan fingerprint density at radius 1 is 0.829 bits per heavy atom. The number of rotatable bonds is 8. The smallest absolute Gasteiger partial charge is 0.431 e. The van der Waals surface area contributed by atoms with E-state index in [1.54, 1.807) is 30.3 Å². The Kier molecular flexibility index (Phi) is 9.23. The Bertz CT molecular complexity index is 938. The summed E-state index contributed by atoms with van der Waals surface area (Å²) >= 11 is 0. The number of hydrogen-bond donors (Lipinski definition) is 0. The monoisotopic (exact) mass is 480 g/mol. The molecule has 2 aliphatic rings. The molecule has 0 amide bonds. The fourth-order valence-electron chi connectivity index (χ4n) is 6.12. The third kappa shape index (κ3) is 7.08. The standard InChI is InChI=1S/C31H41FO3/c1-3-5-22-7-11-24(12-8-22)26-15-20-29(30(32)21-26)25-13-18-28(19-14-25)35-31(33)34-27-16-9-23(6-4-2)10-17-27/h13-15,18-24,27H,3-12,16-17H2,1-2H3/t22-,23-,24-,27-. The number of hydrogen-bond acceptors (Lipinski definition) is 3.